The molecular weight excluding hydrogens is 218 g/mol. The van der Waals surface area contributed by atoms with Gasteiger partial charge in [-0.25, -0.2) is 0 Å². The fraction of sp³-hybridized carbons (Fsp3) is 0.118. The maximum absolute atomic E-state index is 9.16. The molecule has 0 bridgehead atoms. The van der Waals surface area contributed by atoms with Crippen molar-refractivity contribution in [3.63, 3.8) is 0 Å². The second-order valence-electron chi connectivity index (χ2n) is 3.96. The summed E-state index contributed by atoms with van der Waals surface area (Å²) < 4.78 is 0. The molecule has 0 spiro atoms. The zero-order valence-corrected chi connectivity index (χ0v) is 10.0. The highest BCUT2D eigenvalue weighted by Crippen LogP contribution is 2.17. The molecule has 0 saturated heterocycles. The molecule has 0 radical (unpaired) electrons. The lowest BCUT2D eigenvalue weighted by atomic mass is 9.97. The van der Waals surface area contributed by atoms with Crippen molar-refractivity contribution in [2.75, 3.05) is 0 Å². The number of benzene rings is 2. The van der Waals surface area contributed by atoms with Crippen molar-refractivity contribution in [2.24, 2.45) is 0 Å². The molecule has 1 atom stereocenters. The van der Waals surface area contributed by atoms with Crippen LogP contribution < -0.4 is 0 Å². The maximum Gasteiger partial charge on any atom is 0.0822 e. The fourth-order valence-electron chi connectivity index (χ4n) is 1.70. The van der Waals surface area contributed by atoms with Gasteiger partial charge in [-0.15, -0.1) is 0 Å². The van der Waals surface area contributed by atoms with E-state index in [0.29, 0.717) is 6.42 Å². The summed E-state index contributed by atoms with van der Waals surface area (Å²) in [5, 5.41) is 9.16. The van der Waals surface area contributed by atoms with Crippen LogP contribution in [0.5, 0.6) is 0 Å². The van der Waals surface area contributed by atoms with Crippen LogP contribution in [0.3, 0.4) is 0 Å². The monoisotopic (exact) mass is 231 g/mol. The standard InChI is InChI=1S/C17H13N/c18-14-17(16-11-5-2-6-12-16)13-7-10-15-8-3-1-4-9-15/h1-6,8-9,11-12,17H,13H2. The highest BCUT2D eigenvalue weighted by molar-refractivity contribution is 5.35. The van der Waals surface area contributed by atoms with Crippen LogP contribution in [0.2, 0.25) is 0 Å². The molecule has 0 aromatic heterocycles. The van der Waals surface area contributed by atoms with E-state index in [0.717, 1.165) is 11.1 Å². The Labute approximate surface area is 108 Å². The normalized spacial score (nSPS) is 10.8. The van der Waals surface area contributed by atoms with Gasteiger partial charge in [0.2, 0.25) is 0 Å². The lowest BCUT2D eigenvalue weighted by Crippen LogP contribution is -1.93. The molecule has 0 fully saturated rings. The van der Waals surface area contributed by atoms with Crippen LogP contribution in [0.1, 0.15) is 23.5 Å². The second-order valence-corrected chi connectivity index (χ2v) is 3.96. The van der Waals surface area contributed by atoms with Gasteiger partial charge >= 0.3 is 0 Å². The van der Waals surface area contributed by atoms with Gasteiger partial charge in [0.25, 0.3) is 0 Å². The average molecular weight is 231 g/mol. The second kappa shape index (κ2) is 6.28. The third kappa shape index (κ3) is 3.24. The van der Waals surface area contributed by atoms with Gasteiger partial charge in [0, 0.05) is 12.0 Å². The molecule has 0 saturated carbocycles. The maximum atomic E-state index is 9.16. The van der Waals surface area contributed by atoms with Gasteiger partial charge in [-0.1, -0.05) is 60.4 Å². The van der Waals surface area contributed by atoms with Crippen LogP contribution in [0, 0.1) is 23.2 Å². The van der Waals surface area contributed by atoms with Crippen LogP contribution in [-0.2, 0) is 0 Å². The van der Waals surface area contributed by atoms with Gasteiger partial charge in [-0.3, -0.25) is 0 Å². The molecule has 2 rings (SSSR count). The minimum absolute atomic E-state index is 0.151. The Kier molecular flexibility index (Phi) is 4.17. The van der Waals surface area contributed by atoms with Crippen LogP contribution in [0.15, 0.2) is 60.7 Å². The first-order valence-electron chi connectivity index (χ1n) is 5.88. The number of hydrogen-bond acceptors (Lipinski definition) is 1. The van der Waals surface area contributed by atoms with Crippen molar-refractivity contribution in [2.45, 2.75) is 12.3 Å². The highest BCUT2D eigenvalue weighted by Gasteiger charge is 2.07. The third-order valence-corrected chi connectivity index (χ3v) is 2.67. The number of hydrogen-bond donors (Lipinski definition) is 0. The fourth-order valence-corrected chi connectivity index (χ4v) is 1.70. The van der Waals surface area contributed by atoms with E-state index in [1.807, 2.05) is 60.7 Å². The minimum Gasteiger partial charge on any atom is -0.198 e. The Balaban J connectivity index is 2.06. The first-order chi connectivity index (χ1) is 8.90. The molecule has 2 aromatic rings. The van der Waals surface area contributed by atoms with Crippen LogP contribution in [0.25, 0.3) is 0 Å². The van der Waals surface area contributed by atoms with Gasteiger partial charge < -0.3 is 0 Å². The van der Waals surface area contributed by atoms with Crippen molar-refractivity contribution in [3.05, 3.63) is 71.8 Å². The Morgan fingerprint density at radius 1 is 0.889 bits per heavy atom. The van der Waals surface area contributed by atoms with Gasteiger partial charge in [0.05, 0.1) is 12.0 Å². The van der Waals surface area contributed by atoms with E-state index in [1.54, 1.807) is 0 Å². The van der Waals surface area contributed by atoms with E-state index in [4.69, 9.17) is 5.26 Å². The average Bonchev–Trinajstić information content (AvgIpc) is 2.46. The summed E-state index contributed by atoms with van der Waals surface area (Å²) >= 11 is 0. The van der Waals surface area contributed by atoms with Crippen LogP contribution in [0.4, 0.5) is 0 Å². The molecule has 1 unspecified atom stereocenters. The lowest BCUT2D eigenvalue weighted by Gasteiger charge is -2.04. The first-order valence-corrected chi connectivity index (χ1v) is 5.88. The smallest absolute Gasteiger partial charge is 0.0822 e. The molecule has 0 heterocycles. The summed E-state index contributed by atoms with van der Waals surface area (Å²) in [6.07, 6.45) is 0.565. The van der Waals surface area contributed by atoms with Crippen molar-refractivity contribution >= 4 is 0 Å². The van der Waals surface area contributed by atoms with Crippen molar-refractivity contribution in [3.8, 4) is 17.9 Å². The summed E-state index contributed by atoms with van der Waals surface area (Å²) in [7, 11) is 0. The highest BCUT2D eigenvalue weighted by atomic mass is 14.3. The minimum atomic E-state index is -0.151. The topological polar surface area (TPSA) is 23.8 Å². The Bertz CT molecular complexity index is 582. The van der Waals surface area contributed by atoms with E-state index in [1.165, 1.54) is 0 Å². The molecule has 0 aliphatic rings. The van der Waals surface area contributed by atoms with Gasteiger partial charge in [0.1, 0.15) is 0 Å². The predicted molar refractivity (Wildman–Crippen MR) is 72.7 cm³/mol. The summed E-state index contributed by atoms with van der Waals surface area (Å²) in [6.45, 7) is 0. The molecule has 18 heavy (non-hydrogen) atoms. The molecule has 1 heteroatoms. The molecule has 0 N–H and O–H groups in total. The molecule has 0 aliphatic heterocycles. The number of rotatable bonds is 2. The zero-order chi connectivity index (χ0) is 12.6. The number of nitrogens with zero attached hydrogens (tertiary/aromatic N) is 1. The lowest BCUT2D eigenvalue weighted by molar-refractivity contribution is 0.897. The largest absolute Gasteiger partial charge is 0.198 e. The van der Waals surface area contributed by atoms with Gasteiger partial charge in [-0.05, 0) is 17.7 Å². The summed E-state index contributed by atoms with van der Waals surface area (Å²) in [5.74, 6) is 6.01. The Morgan fingerprint density at radius 3 is 2.11 bits per heavy atom. The van der Waals surface area contributed by atoms with E-state index in [2.05, 4.69) is 17.9 Å². The van der Waals surface area contributed by atoms with Crippen molar-refractivity contribution < 1.29 is 0 Å². The van der Waals surface area contributed by atoms with Crippen molar-refractivity contribution in [1.29, 1.82) is 5.26 Å². The number of nitriles is 1. The van der Waals surface area contributed by atoms with E-state index in [9.17, 15) is 0 Å². The van der Waals surface area contributed by atoms with Gasteiger partial charge in [0.15, 0.2) is 0 Å². The molecule has 1 nitrogen and oxygen atoms in total. The van der Waals surface area contributed by atoms with Crippen LogP contribution in [-0.4, -0.2) is 0 Å². The van der Waals surface area contributed by atoms with E-state index in [-0.39, 0.29) is 5.92 Å². The predicted octanol–water partition coefficient (Wildman–Crippen LogP) is 3.74. The van der Waals surface area contributed by atoms with Crippen LogP contribution >= 0.6 is 0 Å². The summed E-state index contributed by atoms with van der Waals surface area (Å²) in [6, 6.07) is 21.9. The van der Waals surface area contributed by atoms with E-state index < -0.39 is 0 Å². The molecule has 86 valence electrons. The molecule has 0 aliphatic carbocycles. The van der Waals surface area contributed by atoms with Gasteiger partial charge in [-0.2, -0.15) is 5.26 Å². The first kappa shape index (κ1) is 12.0. The van der Waals surface area contributed by atoms with E-state index >= 15 is 0 Å². The summed E-state index contributed by atoms with van der Waals surface area (Å²) in [4.78, 5) is 0. The Hall–Kier alpha value is -2.51. The summed E-state index contributed by atoms with van der Waals surface area (Å²) in [5.41, 5.74) is 2.02. The SMILES string of the molecule is N#CC(CC#Cc1ccccc1)c1ccccc1. The Morgan fingerprint density at radius 2 is 1.50 bits per heavy atom. The van der Waals surface area contributed by atoms with Crippen molar-refractivity contribution in [1.82, 2.24) is 0 Å². The molecule has 0 amide bonds. The quantitative estimate of drug-likeness (QED) is 0.722. The zero-order valence-electron chi connectivity index (χ0n) is 10.0. The molecular formula is C17H13N. The molecule has 2 aromatic carbocycles. The third-order valence-electron chi connectivity index (χ3n) is 2.67.